The van der Waals surface area contributed by atoms with Crippen molar-refractivity contribution in [1.29, 1.82) is 0 Å². The van der Waals surface area contributed by atoms with Crippen LogP contribution in [-0.4, -0.2) is 64.8 Å². The number of nitrogens with one attached hydrogen (secondary N) is 1. The highest BCUT2D eigenvalue weighted by Gasteiger charge is 2.40. The van der Waals surface area contributed by atoms with Gasteiger partial charge in [0.15, 0.2) is 19.5 Å². The van der Waals surface area contributed by atoms with Crippen LogP contribution < -0.4 is 5.32 Å². The molecule has 0 aliphatic heterocycles. The van der Waals surface area contributed by atoms with Gasteiger partial charge >= 0.3 is 6.09 Å². The topological polar surface area (TPSA) is 100 Å². The number of ether oxygens (including phenoxy) is 1. The highest BCUT2D eigenvalue weighted by atomic mass is 32.2. The van der Waals surface area contributed by atoms with Crippen LogP contribution in [0.15, 0.2) is 0 Å². The Hall–Kier alpha value is -0.466. The zero-order chi connectivity index (χ0) is 24.6. The molecule has 1 aliphatic carbocycles. The minimum Gasteiger partial charge on any atom is -0.444 e. The summed E-state index contributed by atoms with van der Waals surface area (Å²) in [6.07, 6.45) is 5.15. The molecule has 0 aromatic carbocycles. The van der Waals surface area contributed by atoms with Crippen LogP contribution in [0.3, 0.4) is 0 Å². The molecule has 1 N–H and O–H groups in total. The van der Waals surface area contributed by atoms with Gasteiger partial charge in [0.2, 0.25) is 0 Å². The van der Waals surface area contributed by atoms with E-state index in [-0.39, 0.29) is 18.3 Å². The minimum absolute atomic E-state index is 0.0371. The van der Waals surface area contributed by atoms with Crippen molar-refractivity contribution >= 4 is 35.7 Å². The first-order valence-electron chi connectivity index (χ1n) is 11.7. The lowest BCUT2D eigenvalue weighted by Crippen LogP contribution is -2.44. The zero-order valence-corrected chi connectivity index (χ0v) is 24.9. The lowest BCUT2D eigenvalue weighted by Gasteiger charge is -2.44. The van der Waals surface area contributed by atoms with E-state index in [0.29, 0.717) is 18.3 Å². The van der Waals surface area contributed by atoms with Crippen molar-refractivity contribution < 1.29 is 31.0 Å². The van der Waals surface area contributed by atoms with E-state index in [9.17, 15) is 13.2 Å². The van der Waals surface area contributed by atoms with Crippen molar-refractivity contribution in [3.05, 3.63) is 0 Å². The summed E-state index contributed by atoms with van der Waals surface area (Å²) in [7, 11) is -4.70. The fraction of sp³-hybridized carbons (Fsp3) is 0.952. The maximum Gasteiger partial charge on any atom is 0.407 e. The van der Waals surface area contributed by atoms with Crippen molar-refractivity contribution in [3.8, 4) is 0 Å². The third-order valence-electron chi connectivity index (χ3n) is 5.96. The maximum absolute atomic E-state index is 12.3. The smallest absolute Gasteiger partial charge is 0.407 e. The van der Waals surface area contributed by atoms with Gasteiger partial charge in [0.1, 0.15) is 11.9 Å². The summed E-state index contributed by atoms with van der Waals surface area (Å²) in [5.41, 5.74) is -0.663. The summed E-state index contributed by atoms with van der Waals surface area (Å²) in [5, 5.41) is 2.81. The van der Waals surface area contributed by atoms with Gasteiger partial charge in [0, 0.05) is 5.41 Å². The number of hydrogen-bond acceptors (Lipinski definition) is 7. The van der Waals surface area contributed by atoms with Crippen molar-refractivity contribution in [3.63, 3.8) is 0 Å². The van der Waals surface area contributed by atoms with Gasteiger partial charge in [-0.2, -0.15) is 8.42 Å². The molecule has 0 unspecified atom stereocenters. The van der Waals surface area contributed by atoms with Gasteiger partial charge in [0.25, 0.3) is 10.1 Å². The van der Waals surface area contributed by atoms with E-state index in [0.717, 1.165) is 31.9 Å². The molecule has 190 valence electrons. The summed E-state index contributed by atoms with van der Waals surface area (Å²) in [4.78, 5) is 12.3. The lowest BCUT2D eigenvalue weighted by atomic mass is 9.67. The van der Waals surface area contributed by atoms with Crippen molar-refractivity contribution in [2.75, 3.05) is 12.9 Å². The molecule has 0 spiro atoms. The molecular weight excluding hydrogens is 466 g/mol. The van der Waals surface area contributed by atoms with E-state index in [1.165, 1.54) is 0 Å². The molecule has 1 aliphatic rings. The summed E-state index contributed by atoms with van der Waals surface area (Å²) in [6.45, 7) is 14.1. The Morgan fingerprint density at radius 2 is 1.56 bits per heavy atom. The first kappa shape index (κ1) is 29.6. The molecule has 1 fully saturated rings. The molecule has 0 saturated heterocycles. The molecular formula is C21H45NO7SSi2. The molecule has 11 heteroatoms. The van der Waals surface area contributed by atoms with E-state index in [1.807, 2.05) is 0 Å². The lowest BCUT2D eigenvalue weighted by molar-refractivity contribution is -0.113. The van der Waals surface area contributed by atoms with Crippen LogP contribution in [0.2, 0.25) is 13.1 Å². The minimum atomic E-state index is -3.59. The van der Waals surface area contributed by atoms with Crippen LogP contribution in [0.1, 0.15) is 66.7 Å². The Morgan fingerprint density at radius 1 is 1.03 bits per heavy atom. The second kappa shape index (κ2) is 12.8. The summed E-state index contributed by atoms with van der Waals surface area (Å²) >= 11 is 0. The van der Waals surface area contributed by atoms with Crippen LogP contribution in [-0.2, 0) is 27.9 Å². The Bertz CT molecular complexity index is 668. The van der Waals surface area contributed by atoms with Crippen LogP contribution in [0.5, 0.6) is 0 Å². The summed E-state index contributed by atoms with van der Waals surface area (Å²) < 4.78 is 45.4. The first-order chi connectivity index (χ1) is 14.7. The van der Waals surface area contributed by atoms with Crippen LogP contribution in [0, 0.1) is 17.3 Å². The normalized spacial score (nSPS) is 23.0. The number of carbonyl (C=O) groups excluding carboxylic acids is 1. The van der Waals surface area contributed by atoms with Gasteiger partial charge in [-0.1, -0.05) is 39.8 Å². The monoisotopic (exact) mass is 511 g/mol. The van der Waals surface area contributed by atoms with E-state index in [2.05, 4.69) is 32.3 Å². The van der Waals surface area contributed by atoms with E-state index < -0.39 is 47.4 Å². The fourth-order valence-electron chi connectivity index (χ4n) is 4.37. The zero-order valence-electron chi connectivity index (χ0n) is 21.2. The highest BCUT2D eigenvalue weighted by molar-refractivity contribution is 7.85. The molecule has 0 bridgehead atoms. The standard InChI is InChI=1S/C21H45NO7SSi2/c1-20(2,3)27-19(23)22-17(14-26-30(6,24)25)13-15-9-11-16(12-10-15)21(4,5)18(28-31-7)29-32-8/h15-18H,9-14,31-32H2,1-8H3,(H,22,23)/t15?,16?,17-/m0/s1. The first-order valence-corrected chi connectivity index (χ1v) is 17.5. The van der Waals surface area contributed by atoms with Gasteiger partial charge in [0.05, 0.1) is 18.9 Å². The average Bonchev–Trinajstić information content (AvgIpc) is 2.64. The van der Waals surface area contributed by atoms with Gasteiger partial charge < -0.3 is 18.9 Å². The van der Waals surface area contributed by atoms with Crippen LogP contribution >= 0.6 is 0 Å². The summed E-state index contributed by atoms with van der Waals surface area (Å²) in [5.74, 6) is 0.890. The third-order valence-corrected chi connectivity index (χ3v) is 7.80. The van der Waals surface area contributed by atoms with Gasteiger partial charge in [-0.15, -0.1) is 0 Å². The largest absolute Gasteiger partial charge is 0.444 e. The second-order valence-corrected chi connectivity index (χ2v) is 13.8. The molecule has 1 saturated carbocycles. The predicted molar refractivity (Wildman–Crippen MR) is 133 cm³/mol. The fourth-order valence-corrected chi connectivity index (χ4v) is 6.63. The van der Waals surface area contributed by atoms with Crippen LogP contribution in [0.25, 0.3) is 0 Å². The van der Waals surface area contributed by atoms with Gasteiger partial charge in [-0.25, -0.2) is 4.79 Å². The number of amides is 1. The second-order valence-electron chi connectivity index (χ2n) is 10.3. The molecule has 1 amide bonds. The number of carbonyl (C=O) groups is 1. The van der Waals surface area contributed by atoms with Crippen LogP contribution in [0.4, 0.5) is 4.79 Å². The molecule has 1 atom stereocenters. The van der Waals surface area contributed by atoms with E-state index in [4.69, 9.17) is 17.8 Å². The maximum atomic E-state index is 12.3. The number of rotatable bonds is 12. The van der Waals surface area contributed by atoms with E-state index >= 15 is 0 Å². The Kier molecular flexibility index (Phi) is 11.9. The molecule has 8 nitrogen and oxygen atoms in total. The van der Waals surface area contributed by atoms with Crippen molar-refractivity contribution in [2.24, 2.45) is 17.3 Å². The van der Waals surface area contributed by atoms with Gasteiger partial charge in [-0.3, -0.25) is 4.18 Å². The third kappa shape index (κ3) is 11.1. The Balaban J connectivity index is 2.73. The molecule has 0 heterocycles. The number of alkyl carbamates (subject to hydrolysis) is 1. The molecule has 32 heavy (non-hydrogen) atoms. The molecule has 0 aromatic heterocycles. The van der Waals surface area contributed by atoms with E-state index in [1.54, 1.807) is 20.8 Å². The van der Waals surface area contributed by atoms with Gasteiger partial charge in [-0.05, 0) is 51.9 Å². The average molecular weight is 512 g/mol. The SMILES string of the molecule is C[SiH2]OC(O[SiH2]C)C(C)(C)C1CCC(C[C@@H](COS(C)(=O)=O)NC(=O)OC(C)(C)C)CC1. The number of hydrogen-bond donors (Lipinski definition) is 1. The molecule has 0 radical (unpaired) electrons. The molecule has 1 rings (SSSR count). The highest BCUT2D eigenvalue weighted by Crippen LogP contribution is 2.44. The predicted octanol–water partition coefficient (Wildman–Crippen LogP) is 2.70. The van der Waals surface area contributed by atoms with Crippen molar-refractivity contribution in [1.82, 2.24) is 5.32 Å². The summed E-state index contributed by atoms with van der Waals surface area (Å²) in [6, 6.07) is -0.425. The Morgan fingerprint density at radius 3 is 2.00 bits per heavy atom. The quantitative estimate of drug-likeness (QED) is 0.244. The Labute approximate surface area is 199 Å². The van der Waals surface area contributed by atoms with Crippen molar-refractivity contribution in [2.45, 2.75) is 97.7 Å². The molecule has 0 aromatic rings.